The van der Waals surface area contributed by atoms with Gasteiger partial charge in [0, 0.05) is 29.0 Å². The molecule has 4 aromatic rings. The molecular formula is C42H46N4O8. The van der Waals surface area contributed by atoms with Crippen molar-refractivity contribution in [1.82, 2.24) is 20.9 Å². The van der Waals surface area contributed by atoms with Crippen molar-refractivity contribution in [3.63, 3.8) is 0 Å². The maximum Gasteiger partial charge on any atom is 0.408 e. The number of ether oxygens (including phenoxy) is 3. The topological polar surface area (TPSA) is 165 Å². The number of nitrogens with one attached hydrogen (secondary N) is 3. The van der Waals surface area contributed by atoms with E-state index in [0.717, 1.165) is 30.2 Å². The Morgan fingerprint density at radius 2 is 1.67 bits per heavy atom. The Kier molecular flexibility index (Phi) is 11.2. The number of hydrogen-bond acceptors (Lipinski definition) is 8. The molecule has 0 unspecified atom stereocenters. The molecule has 282 valence electrons. The number of methoxy groups -OCH3 is 1. The number of allylic oxidation sites excluding steroid dienone is 1. The van der Waals surface area contributed by atoms with Gasteiger partial charge in [-0.3, -0.25) is 9.59 Å². The number of carboxylic acids is 1. The normalized spacial score (nSPS) is 22.6. The summed E-state index contributed by atoms with van der Waals surface area (Å²) in [5, 5.41) is 19.2. The fourth-order valence-electron chi connectivity index (χ4n) is 6.56. The van der Waals surface area contributed by atoms with Gasteiger partial charge in [-0.2, -0.15) is 0 Å². The average molecular weight is 735 g/mol. The van der Waals surface area contributed by atoms with E-state index in [9.17, 15) is 24.3 Å². The highest BCUT2D eigenvalue weighted by molar-refractivity contribution is 5.96. The lowest BCUT2D eigenvalue weighted by Gasteiger charge is -2.26. The first-order valence-electron chi connectivity index (χ1n) is 18.2. The first-order chi connectivity index (χ1) is 25.8. The molecule has 2 aliphatic rings. The van der Waals surface area contributed by atoms with E-state index in [-0.39, 0.29) is 12.3 Å². The summed E-state index contributed by atoms with van der Waals surface area (Å²) in [5.41, 5.74) is 0.385. The van der Waals surface area contributed by atoms with E-state index >= 15 is 0 Å². The fraction of sp³-hybridized carbons (Fsp3) is 0.357. The van der Waals surface area contributed by atoms with E-state index < -0.39 is 47.1 Å². The number of amides is 3. The van der Waals surface area contributed by atoms with Crippen molar-refractivity contribution in [2.75, 3.05) is 7.11 Å². The van der Waals surface area contributed by atoms with Crippen molar-refractivity contribution >= 4 is 34.8 Å². The highest BCUT2D eigenvalue weighted by Crippen LogP contribution is 2.45. The standard InChI is InChI=1S/C42H46N4O8/c1-41(2,3)54-40(51)44-32-16-12-7-5-6-11-15-28-25-42(28,39(49)50)46-38(48)36(45-37(32)47)27-17-19-29(20-18-27)53-35-24-33(26-13-9-8-10-14-26)43-34-23-30(52-4)21-22-31(34)35/h8-11,13-15,17-24,28,32,36H,5-7,12,16,25H2,1-4H3,(H,44,51)(H,45,47)(H,46,48)(H,49,50)/b15-11-/t28-,32+,36+,42-/m1/s1. The smallest absolute Gasteiger partial charge is 0.408 e. The minimum atomic E-state index is -1.49. The Labute approximate surface area is 314 Å². The first-order valence-corrected chi connectivity index (χ1v) is 18.2. The number of benzene rings is 3. The highest BCUT2D eigenvalue weighted by atomic mass is 16.6. The zero-order chi connectivity index (χ0) is 38.5. The van der Waals surface area contributed by atoms with Gasteiger partial charge in [-0.25, -0.2) is 14.6 Å². The molecule has 0 spiro atoms. The monoisotopic (exact) mass is 734 g/mol. The lowest BCUT2D eigenvalue weighted by Crippen LogP contribution is -2.53. The van der Waals surface area contributed by atoms with E-state index in [1.165, 1.54) is 0 Å². The molecule has 4 atom stereocenters. The minimum absolute atomic E-state index is 0.234. The Bertz CT molecular complexity index is 2040. The van der Waals surface area contributed by atoms with Crippen LogP contribution in [0.3, 0.4) is 0 Å². The molecule has 0 radical (unpaired) electrons. The summed E-state index contributed by atoms with van der Waals surface area (Å²) >= 11 is 0. The van der Waals surface area contributed by atoms with E-state index in [1.54, 1.807) is 52.1 Å². The molecule has 3 amide bonds. The zero-order valence-corrected chi connectivity index (χ0v) is 30.9. The molecule has 4 N–H and O–H groups in total. The maximum atomic E-state index is 14.0. The third-order valence-electron chi connectivity index (χ3n) is 9.52. The quantitative estimate of drug-likeness (QED) is 0.143. The number of pyridine rings is 1. The van der Waals surface area contributed by atoms with Crippen molar-refractivity contribution in [3.8, 4) is 28.5 Å². The SMILES string of the molecule is COc1ccc2c(Oc3ccc([C@@H]4NC(=O)[C@@H](NC(=O)OC(C)(C)C)CCCCC/C=C\[C@@H]5C[C@@]5(C(=O)O)NC4=O)cc3)cc(-c3ccccc3)nc2c1. The third kappa shape index (κ3) is 8.99. The molecule has 1 aliphatic carbocycles. The molecule has 6 rings (SSSR count). The Morgan fingerprint density at radius 3 is 2.37 bits per heavy atom. The second-order valence-corrected chi connectivity index (χ2v) is 14.7. The summed E-state index contributed by atoms with van der Waals surface area (Å²) in [4.78, 5) is 58.0. The predicted molar refractivity (Wildman–Crippen MR) is 203 cm³/mol. The number of rotatable bonds is 7. The number of fused-ring (bicyclic) bond motifs is 2. The second-order valence-electron chi connectivity index (χ2n) is 14.7. The van der Waals surface area contributed by atoms with Crippen LogP contribution in [-0.2, 0) is 19.1 Å². The largest absolute Gasteiger partial charge is 0.497 e. The van der Waals surface area contributed by atoms with Crippen molar-refractivity contribution in [3.05, 3.63) is 96.6 Å². The molecule has 12 nitrogen and oxygen atoms in total. The van der Waals surface area contributed by atoms with Crippen LogP contribution in [-0.4, -0.2) is 58.3 Å². The first kappa shape index (κ1) is 37.8. The molecule has 0 bridgehead atoms. The number of aromatic nitrogens is 1. The van der Waals surface area contributed by atoms with Gasteiger partial charge in [-0.1, -0.05) is 67.5 Å². The van der Waals surface area contributed by atoms with Gasteiger partial charge in [0.25, 0.3) is 0 Å². The molecule has 3 aromatic carbocycles. The second kappa shape index (κ2) is 16.0. The number of alkyl carbamates (subject to hydrolysis) is 1. The molecule has 1 saturated carbocycles. The van der Waals surface area contributed by atoms with E-state index in [0.29, 0.717) is 46.9 Å². The number of nitrogens with zero attached hydrogens (tertiary/aromatic N) is 1. The number of carboxylic acid groups (broad SMARTS) is 1. The van der Waals surface area contributed by atoms with Gasteiger partial charge in [-0.15, -0.1) is 0 Å². The molecule has 2 heterocycles. The van der Waals surface area contributed by atoms with Crippen LogP contribution >= 0.6 is 0 Å². The molecule has 1 fully saturated rings. The Hall–Kier alpha value is -5.91. The summed E-state index contributed by atoms with van der Waals surface area (Å²) < 4.78 is 17.3. The predicted octanol–water partition coefficient (Wildman–Crippen LogP) is 7.23. The van der Waals surface area contributed by atoms with Crippen LogP contribution in [0.5, 0.6) is 17.2 Å². The Morgan fingerprint density at radius 1 is 0.926 bits per heavy atom. The Balaban J connectivity index is 1.31. The lowest BCUT2D eigenvalue weighted by atomic mass is 10.0. The van der Waals surface area contributed by atoms with Gasteiger partial charge in [0.05, 0.1) is 18.3 Å². The molecule has 12 heteroatoms. The van der Waals surface area contributed by atoms with E-state index in [2.05, 4.69) is 16.0 Å². The van der Waals surface area contributed by atoms with Crippen molar-refractivity contribution in [1.29, 1.82) is 0 Å². The van der Waals surface area contributed by atoms with Crippen LogP contribution in [0.2, 0.25) is 0 Å². The lowest BCUT2D eigenvalue weighted by molar-refractivity contribution is -0.144. The van der Waals surface area contributed by atoms with E-state index in [4.69, 9.17) is 19.2 Å². The van der Waals surface area contributed by atoms with Gasteiger partial charge in [0.15, 0.2) is 0 Å². The van der Waals surface area contributed by atoms with Crippen LogP contribution in [0.1, 0.15) is 70.9 Å². The minimum Gasteiger partial charge on any atom is -0.497 e. The van der Waals surface area contributed by atoms with Crippen molar-refractivity contribution in [2.45, 2.75) is 82.5 Å². The van der Waals surface area contributed by atoms with Gasteiger partial charge in [0.1, 0.15) is 40.5 Å². The van der Waals surface area contributed by atoms with Crippen molar-refractivity contribution in [2.24, 2.45) is 5.92 Å². The van der Waals surface area contributed by atoms with Crippen LogP contribution in [0.25, 0.3) is 22.2 Å². The summed E-state index contributed by atoms with van der Waals surface area (Å²) in [6, 6.07) is 21.5. The summed E-state index contributed by atoms with van der Waals surface area (Å²) in [5.74, 6) is -1.18. The fourth-order valence-corrected chi connectivity index (χ4v) is 6.56. The third-order valence-corrected chi connectivity index (χ3v) is 9.52. The van der Waals surface area contributed by atoms with Crippen molar-refractivity contribution < 1.29 is 38.5 Å². The highest BCUT2D eigenvalue weighted by Gasteiger charge is 2.61. The van der Waals surface area contributed by atoms with E-state index in [1.807, 2.05) is 66.7 Å². The molecule has 0 saturated heterocycles. The van der Waals surface area contributed by atoms with Gasteiger partial charge in [-0.05, 0) is 76.3 Å². The van der Waals surface area contributed by atoms with Crippen LogP contribution in [0.4, 0.5) is 4.79 Å². The van der Waals surface area contributed by atoms with Crippen LogP contribution < -0.4 is 25.4 Å². The number of carbonyl (C=O) groups is 4. The summed E-state index contributed by atoms with van der Waals surface area (Å²) in [7, 11) is 1.59. The van der Waals surface area contributed by atoms with Gasteiger partial charge >= 0.3 is 12.1 Å². The number of carbonyl (C=O) groups excluding carboxylic acids is 3. The maximum absolute atomic E-state index is 14.0. The molecule has 54 heavy (non-hydrogen) atoms. The average Bonchev–Trinajstić information content (AvgIpc) is 3.85. The zero-order valence-electron chi connectivity index (χ0n) is 30.9. The molecule has 1 aromatic heterocycles. The van der Waals surface area contributed by atoms with Gasteiger partial charge in [0.2, 0.25) is 11.8 Å². The summed E-state index contributed by atoms with van der Waals surface area (Å²) in [6.45, 7) is 5.18. The van der Waals surface area contributed by atoms with Crippen LogP contribution in [0, 0.1) is 5.92 Å². The number of aliphatic carboxylic acids is 1. The van der Waals surface area contributed by atoms with Gasteiger partial charge < -0.3 is 35.3 Å². The summed E-state index contributed by atoms with van der Waals surface area (Å²) in [6.07, 6.45) is 6.56. The van der Waals surface area contributed by atoms with Crippen LogP contribution in [0.15, 0.2) is 91.0 Å². The molecule has 1 aliphatic heterocycles. The number of hydrogen-bond donors (Lipinski definition) is 4. The molecular weight excluding hydrogens is 688 g/mol.